The topological polar surface area (TPSA) is 29.9 Å². The van der Waals surface area contributed by atoms with Gasteiger partial charge >= 0.3 is 0 Å². The maximum atomic E-state index is 4.36. The maximum absolute atomic E-state index is 4.36. The van der Waals surface area contributed by atoms with Crippen LogP contribution < -0.4 is 5.32 Å². The van der Waals surface area contributed by atoms with Crippen LogP contribution in [-0.2, 0) is 0 Å². The molecule has 1 N–H and O–H groups in total. The zero-order valence-electron chi connectivity index (χ0n) is 11.0. The van der Waals surface area contributed by atoms with Gasteiger partial charge in [-0.3, -0.25) is 4.57 Å². The predicted molar refractivity (Wildman–Crippen MR) is 76.2 cm³/mol. The molecule has 2 aromatic rings. The third-order valence-electron chi connectivity index (χ3n) is 2.99. The number of imidazole rings is 1. The van der Waals surface area contributed by atoms with Gasteiger partial charge in [0, 0.05) is 24.6 Å². The Labute approximate surface area is 109 Å². The van der Waals surface area contributed by atoms with Crippen molar-refractivity contribution >= 4 is 5.95 Å². The van der Waals surface area contributed by atoms with Gasteiger partial charge in [0.1, 0.15) is 0 Å². The number of nitrogens with one attached hydrogen (secondary N) is 1. The number of hydrogen-bond acceptors (Lipinski definition) is 2. The summed E-state index contributed by atoms with van der Waals surface area (Å²) < 4.78 is 2.08. The Balaban J connectivity index is 1.92. The molecule has 3 nitrogen and oxygen atoms in total. The first kappa shape index (κ1) is 12.7. The summed E-state index contributed by atoms with van der Waals surface area (Å²) in [4.78, 5) is 4.36. The second-order valence-electron chi connectivity index (χ2n) is 4.44. The summed E-state index contributed by atoms with van der Waals surface area (Å²) in [5.74, 6) is 0.928. The zero-order valence-corrected chi connectivity index (χ0v) is 11.0. The summed E-state index contributed by atoms with van der Waals surface area (Å²) in [5, 5.41) is 3.40. The van der Waals surface area contributed by atoms with Crippen LogP contribution in [0.1, 0.15) is 32.6 Å². The van der Waals surface area contributed by atoms with Crippen molar-refractivity contribution in [1.29, 1.82) is 0 Å². The number of nitrogens with zero attached hydrogens (tertiary/aromatic N) is 2. The molecular formula is C15H21N3. The van der Waals surface area contributed by atoms with E-state index in [1.807, 2.05) is 30.6 Å². The van der Waals surface area contributed by atoms with E-state index in [2.05, 4.69) is 33.9 Å². The standard InChI is InChI=1S/C15H21N3/c1-2-3-4-8-11-16-15-17-12-13-18(15)14-9-6-5-7-10-14/h5-7,9-10,12-13H,2-4,8,11H2,1H3,(H,16,17). The lowest BCUT2D eigenvalue weighted by Crippen LogP contribution is -2.07. The molecule has 0 aliphatic carbocycles. The van der Waals surface area contributed by atoms with Crippen molar-refractivity contribution in [2.45, 2.75) is 32.6 Å². The van der Waals surface area contributed by atoms with Crippen molar-refractivity contribution in [3.63, 3.8) is 0 Å². The van der Waals surface area contributed by atoms with E-state index in [4.69, 9.17) is 0 Å². The number of unbranched alkanes of at least 4 members (excludes halogenated alkanes) is 3. The van der Waals surface area contributed by atoms with E-state index in [1.54, 1.807) is 0 Å². The van der Waals surface area contributed by atoms with E-state index in [1.165, 1.54) is 25.7 Å². The molecule has 0 aliphatic heterocycles. The van der Waals surface area contributed by atoms with E-state index in [0.717, 1.165) is 18.2 Å². The highest BCUT2D eigenvalue weighted by Gasteiger charge is 2.02. The summed E-state index contributed by atoms with van der Waals surface area (Å²) in [5.41, 5.74) is 1.14. The van der Waals surface area contributed by atoms with Crippen LogP contribution in [0.2, 0.25) is 0 Å². The van der Waals surface area contributed by atoms with Crippen molar-refractivity contribution in [1.82, 2.24) is 9.55 Å². The number of benzene rings is 1. The Morgan fingerprint density at radius 2 is 1.94 bits per heavy atom. The van der Waals surface area contributed by atoms with Gasteiger partial charge in [0.25, 0.3) is 0 Å². The maximum Gasteiger partial charge on any atom is 0.207 e. The van der Waals surface area contributed by atoms with Gasteiger partial charge in [-0.2, -0.15) is 0 Å². The lowest BCUT2D eigenvalue weighted by atomic mass is 10.2. The first-order valence-electron chi connectivity index (χ1n) is 6.74. The average Bonchev–Trinajstić information content (AvgIpc) is 2.88. The molecule has 0 radical (unpaired) electrons. The highest BCUT2D eigenvalue weighted by atomic mass is 15.2. The van der Waals surface area contributed by atoms with Gasteiger partial charge in [-0.05, 0) is 18.6 Å². The van der Waals surface area contributed by atoms with Crippen molar-refractivity contribution < 1.29 is 0 Å². The quantitative estimate of drug-likeness (QED) is 0.748. The molecule has 0 atom stereocenters. The smallest absolute Gasteiger partial charge is 0.207 e. The molecule has 1 aromatic carbocycles. The third-order valence-corrected chi connectivity index (χ3v) is 2.99. The van der Waals surface area contributed by atoms with Crippen LogP contribution in [0, 0.1) is 0 Å². The van der Waals surface area contributed by atoms with E-state index >= 15 is 0 Å². The lowest BCUT2D eigenvalue weighted by molar-refractivity contribution is 0.683. The molecule has 96 valence electrons. The Morgan fingerprint density at radius 3 is 2.72 bits per heavy atom. The van der Waals surface area contributed by atoms with Crippen molar-refractivity contribution in [3.8, 4) is 5.69 Å². The fourth-order valence-electron chi connectivity index (χ4n) is 1.98. The molecule has 0 spiro atoms. The monoisotopic (exact) mass is 243 g/mol. The molecule has 1 heterocycles. The summed E-state index contributed by atoms with van der Waals surface area (Å²) in [7, 11) is 0. The minimum Gasteiger partial charge on any atom is -0.355 e. The Bertz CT molecular complexity index is 448. The van der Waals surface area contributed by atoms with Crippen LogP contribution in [0.15, 0.2) is 42.7 Å². The molecule has 3 heteroatoms. The van der Waals surface area contributed by atoms with Gasteiger partial charge in [0.05, 0.1) is 0 Å². The highest BCUT2D eigenvalue weighted by molar-refractivity contribution is 5.41. The molecule has 18 heavy (non-hydrogen) atoms. The third kappa shape index (κ3) is 3.36. The molecular weight excluding hydrogens is 222 g/mol. The van der Waals surface area contributed by atoms with E-state index < -0.39 is 0 Å². The van der Waals surface area contributed by atoms with Gasteiger partial charge < -0.3 is 5.32 Å². The van der Waals surface area contributed by atoms with Gasteiger partial charge in [0.2, 0.25) is 5.95 Å². The largest absolute Gasteiger partial charge is 0.355 e. The van der Waals surface area contributed by atoms with E-state index in [9.17, 15) is 0 Å². The summed E-state index contributed by atoms with van der Waals surface area (Å²) >= 11 is 0. The number of rotatable bonds is 7. The molecule has 0 aliphatic rings. The first-order valence-corrected chi connectivity index (χ1v) is 6.74. The van der Waals surface area contributed by atoms with Crippen LogP contribution in [0.5, 0.6) is 0 Å². The zero-order chi connectivity index (χ0) is 12.6. The fourth-order valence-corrected chi connectivity index (χ4v) is 1.98. The van der Waals surface area contributed by atoms with Crippen molar-refractivity contribution in [2.24, 2.45) is 0 Å². The lowest BCUT2D eigenvalue weighted by Gasteiger charge is -2.09. The van der Waals surface area contributed by atoms with Gasteiger partial charge in [-0.25, -0.2) is 4.98 Å². The second-order valence-corrected chi connectivity index (χ2v) is 4.44. The Kier molecular flexibility index (Phi) is 4.82. The van der Waals surface area contributed by atoms with Crippen LogP contribution in [0.4, 0.5) is 5.95 Å². The van der Waals surface area contributed by atoms with Crippen LogP contribution >= 0.6 is 0 Å². The van der Waals surface area contributed by atoms with Crippen molar-refractivity contribution in [3.05, 3.63) is 42.7 Å². The fraction of sp³-hybridized carbons (Fsp3) is 0.400. The molecule has 2 rings (SSSR count). The SMILES string of the molecule is CCCCCCNc1nccn1-c1ccccc1. The van der Waals surface area contributed by atoms with Gasteiger partial charge in [0.15, 0.2) is 0 Å². The number of para-hydroxylation sites is 1. The summed E-state index contributed by atoms with van der Waals surface area (Å²) in [6.45, 7) is 3.22. The molecule has 0 amide bonds. The van der Waals surface area contributed by atoms with Crippen LogP contribution in [-0.4, -0.2) is 16.1 Å². The summed E-state index contributed by atoms with van der Waals surface area (Å²) in [6, 6.07) is 10.3. The van der Waals surface area contributed by atoms with E-state index in [-0.39, 0.29) is 0 Å². The van der Waals surface area contributed by atoms with Gasteiger partial charge in [-0.1, -0.05) is 44.4 Å². The first-order chi connectivity index (χ1) is 8.92. The normalized spacial score (nSPS) is 10.5. The second kappa shape index (κ2) is 6.84. The molecule has 0 fully saturated rings. The molecule has 0 saturated carbocycles. The molecule has 1 aromatic heterocycles. The predicted octanol–water partition coefficient (Wildman–Crippen LogP) is 3.86. The van der Waals surface area contributed by atoms with Crippen LogP contribution in [0.3, 0.4) is 0 Å². The Morgan fingerprint density at radius 1 is 1.11 bits per heavy atom. The molecule has 0 unspecified atom stereocenters. The average molecular weight is 243 g/mol. The number of aromatic nitrogens is 2. The number of hydrogen-bond donors (Lipinski definition) is 1. The molecule has 0 saturated heterocycles. The van der Waals surface area contributed by atoms with Crippen molar-refractivity contribution in [2.75, 3.05) is 11.9 Å². The van der Waals surface area contributed by atoms with Gasteiger partial charge in [-0.15, -0.1) is 0 Å². The summed E-state index contributed by atoms with van der Waals surface area (Å²) in [6.07, 6.45) is 8.91. The number of anilines is 1. The van der Waals surface area contributed by atoms with E-state index in [0.29, 0.717) is 0 Å². The minimum atomic E-state index is 0.928. The minimum absolute atomic E-state index is 0.928. The van der Waals surface area contributed by atoms with Crippen LogP contribution in [0.25, 0.3) is 5.69 Å². The Hall–Kier alpha value is -1.77. The molecule has 0 bridgehead atoms. The highest BCUT2D eigenvalue weighted by Crippen LogP contribution is 2.13.